The van der Waals surface area contributed by atoms with Gasteiger partial charge in [0.2, 0.25) is 5.91 Å². The monoisotopic (exact) mass is 455 g/mol. The van der Waals surface area contributed by atoms with Gasteiger partial charge in [-0.1, -0.05) is 30.5 Å². The first-order valence-electron chi connectivity index (χ1n) is 9.02. The molecule has 0 aliphatic rings. The number of non-ortho nitro benzene ring substituents is 2. The van der Waals surface area contributed by atoms with Gasteiger partial charge in [-0.2, -0.15) is 0 Å². The summed E-state index contributed by atoms with van der Waals surface area (Å²) in [6.07, 6.45) is 0. The van der Waals surface area contributed by atoms with Crippen LogP contribution in [0.4, 0.5) is 11.4 Å². The number of nitrogens with one attached hydrogen (secondary N) is 2. The summed E-state index contributed by atoms with van der Waals surface area (Å²) in [7, 11) is 1.70. The van der Waals surface area contributed by atoms with E-state index in [-0.39, 0.29) is 23.0 Å². The van der Waals surface area contributed by atoms with Crippen LogP contribution in [0.2, 0.25) is 0 Å². The van der Waals surface area contributed by atoms with E-state index in [9.17, 15) is 25.0 Å². The Bertz CT molecular complexity index is 1190. The van der Waals surface area contributed by atoms with Crippen molar-refractivity contribution >= 4 is 34.7 Å². The Morgan fingerprint density at radius 1 is 1.06 bits per heavy atom. The molecule has 3 aromatic rings. The fourth-order valence-electron chi connectivity index (χ4n) is 2.62. The second-order valence-corrected chi connectivity index (χ2v) is 7.36. The highest BCUT2D eigenvalue weighted by atomic mass is 32.2. The van der Waals surface area contributed by atoms with Gasteiger partial charge in [-0.3, -0.25) is 35.9 Å². The molecule has 0 unspecified atom stereocenters. The number of rotatable bonds is 9. The topological polar surface area (TPSA) is 158 Å². The first kappa shape index (κ1) is 22.4. The average Bonchev–Trinajstić information content (AvgIpc) is 3.16. The van der Waals surface area contributed by atoms with Crippen LogP contribution in [0.3, 0.4) is 0 Å². The van der Waals surface area contributed by atoms with Crippen molar-refractivity contribution in [2.24, 2.45) is 7.05 Å². The lowest BCUT2D eigenvalue weighted by molar-refractivity contribution is -0.385. The number of carbonyl (C=O) groups excluding carboxylic acids is 1. The molecular formula is C19H17N7O5S. The highest BCUT2D eigenvalue weighted by Crippen LogP contribution is 2.25. The van der Waals surface area contributed by atoms with Crippen molar-refractivity contribution in [3.63, 3.8) is 0 Å². The highest BCUT2D eigenvalue weighted by Gasteiger charge is 2.15. The molecule has 0 aliphatic heterocycles. The average molecular weight is 455 g/mol. The summed E-state index contributed by atoms with van der Waals surface area (Å²) >= 11 is 1.13. The molecule has 3 rings (SSSR count). The zero-order chi connectivity index (χ0) is 23.3. The van der Waals surface area contributed by atoms with Gasteiger partial charge in [0, 0.05) is 36.9 Å². The number of nitro benzene ring substituents is 2. The lowest BCUT2D eigenvalue weighted by Gasteiger charge is -2.11. The van der Waals surface area contributed by atoms with E-state index < -0.39 is 9.85 Å². The van der Waals surface area contributed by atoms with E-state index in [1.54, 1.807) is 23.7 Å². The lowest BCUT2D eigenvalue weighted by atomic mass is 10.1. The standard InChI is InChI=1S/C19H17N7O5S/c1-12(13-6-8-15(9-7-13)25(28)29)20-21-17(27)11-32-19-23-22-18(24(19)2)14-4-3-5-16(10-14)26(30)31/h3-10,20H,1,11H2,2H3,(H,21,27). The third-order valence-electron chi connectivity index (χ3n) is 4.26. The number of hydrogen-bond acceptors (Lipinski definition) is 9. The van der Waals surface area contributed by atoms with Crippen LogP contribution in [0.5, 0.6) is 0 Å². The molecule has 32 heavy (non-hydrogen) atoms. The van der Waals surface area contributed by atoms with Crippen LogP contribution in [-0.2, 0) is 11.8 Å². The third-order valence-corrected chi connectivity index (χ3v) is 5.28. The molecule has 0 atom stereocenters. The minimum Gasteiger partial charge on any atom is -0.305 e. The van der Waals surface area contributed by atoms with E-state index in [0.717, 1.165) is 11.8 Å². The number of hydrazine groups is 1. The molecule has 2 aromatic carbocycles. The molecule has 0 bridgehead atoms. The largest absolute Gasteiger partial charge is 0.305 e. The summed E-state index contributed by atoms with van der Waals surface area (Å²) in [6.45, 7) is 3.78. The number of amides is 1. The van der Waals surface area contributed by atoms with Crippen molar-refractivity contribution in [1.29, 1.82) is 0 Å². The van der Waals surface area contributed by atoms with Crippen molar-refractivity contribution in [2.45, 2.75) is 5.16 Å². The van der Waals surface area contributed by atoms with Gasteiger partial charge >= 0.3 is 0 Å². The van der Waals surface area contributed by atoms with E-state index in [1.165, 1.54) is 36.4 Å². The number of nitro groups is 2. The van der Waals surface area contributed by atoms with Gasteiger partial charge in [-0.15, -0.1) is 10.2 Å². The predicted octanol–water partition coefficient (Wildman–Crippen LogP) is 2.68. The molecule has 2 N–H and O–H groups in total. The number of benzene rings is 2. The Hall–Kier alpha value is -4.26. The summed E-state index contributed by atoms with van der Waals surface area (Å²) in [4.78, 5) is 32.8. The molecule has 0 saturated carbocycles. The zero-order valence-corrected chi connectivity index (χ0v) is 17.5. The van der Waals surface area contributed by atoms with Gasteiger partial charge in [0.05, 0.1) is 21.3 Å². The molecule has 1 amide bonds. The third kappa shape index (κ3) is 5.26. The number of nitrogens with zero attached hydrogens (tertiary/aromatic N) is 5. The second-order valence-electron chi connectivity index (χ2n) is 6.42. The van der Waals surface area contributed by atoms with E-state index in [0.29, 0.717) is 27.8 Å². The van der Waals surface area contributed by atoms with Crippen LogP contribution in [0.15, 0.2) is 60.3 Å². The Morgan fingerprint density at radius 2 is 1.75 bits per heavy atom. The van der Waals surface area contributed by atoms with Crippen molar-refractivity contribution < 1.29 is 14.6 Å². The Labute approximate surface area is 185 Å². The molecule has 164 valence electrons. The van der Waals surface area contributed by atoms with Gasteiger partial charge in [0.1, 0.15) is 0 Å². The SMILES string of the molecule is C=C(NNC(=O)CSc1nnc(-c2cccc([N+](=O)[O-])c2)n1C)c1ccc([N+](=O)[O-])cc1. The fraction of sp³-hybridized carbons (Fsp3) is 0.105. The molecule has 0 saturated heterocycles. The lowest BCUT2D eigenvalue weighted by Crippen LogP contribution is -2.37. The quantitative estimate of drug-likeness (QED) is 0.281. The smallest absolute Gasteiger partial charge is 0.270 e. The summed E-state index contributed by atoms with van der Waals surface area (Å²) in [5.41, 5.74) is 6.53. The Morgan fingerprint density at radius 3 is 2.41 bits per heavy atom. The minimum absolute atomic E-state index is 0.0153. The van der Waals surface area contributed by atoms with Crippen molar-refractivity contribution in [1.82, 2.24) is 25.6 Å². The summed E-state index contributed by atoms with van der Waals surface area (Å²) in [5.74, 6) is 0.0841. The van der Waals surface area contributed by atoms with Gasteiger partial charge in [-0.05, 0) is 17.7 Å². The fourth-order valence-corrected chi connectivity index (χ4v) is 3.33. The maximum Gasteiger partial charge on any atom is 0.270 e. The molecule has 1 heterocycles. The molecule has 0 spiro atoms. The first-order chi connectivity index (χ1) is 15.3. The number of aromatic nitrogens is 3. The van der Waals surface area contributed by atoms with Gasteiger partial charge in [0.25, 0.3) is 11.4 Å². The summed E-state index contributed by atoms with van der Waals surface area (Å²) < 4.78 is 1.64. The number of thioether (sulfide) groups is 1. The van der Waals surface area contributed by atoms with Crippen LogP contribution in [0.25, 0.3) is 17.1 Å². The molecule has 0 fully saturated rings. The van der Waals surface area contributed by atoms with Crippen LogP contribution in [-0.4, -0.2) is 36.3 Å². The molecule has 12 nitrogen and oxygen atoms in total. The molecule has 13 heteroatoms. The Kier molecular flexibility index (Phi) is 6.80. The zero-order valence-electron chi connectivity index (χ0n) is 16.7. The van der Waals surface area contributed by atoms with Crippen LogP contribution in [0, 0.1) is 20.2 Å². The minimum atomic E-state index is -0.504. The Balaban J connectivity index is 1.55. The molecule has 0 radical (unpaired) electrons. The predicted molar refractivity (Wildman–Crippen MR) is 117 cm³/mol. The summed E-state index contributed by atoms with van der Waals surface area (Å²) in [5, 5.41) is 30.2. The van der Waals surface area contributed by atoms with Crippen molar-refractivity contribution in [3.8, 4) is 11.4 Å². The number of hydrogen-bond donors (Lipinski definition) is 2. The van der Waals surface area contributed by atoms with E-state index in [1.807, 2.05) is 0 Å². The maximum atomic E-state index is 12.1. The molecule has 0 aliphatic carbocycles. The van der Waals surface area contributed by atoms with E-state index in [4.69, 9.17) is 0 Å². The van der Waals surface area contributed by atoms with Gasteiger partial charge in [0.15, 0.2) is 11.0 Å². The van der Waals surface area contributed by atoms with Gasteiger partial charge in [-0.25, -0.2) is 0 Å². The van der Waals surface area contributed by atoms with Crippen LogP contribution in [0.1, 0.15) is 5.56 Å². The van der Waals surface area contributed by atoms with Crippen LogP contribution < -0.4 is 10.9 Å². The second kappa shape index (κ2) is 9.70. The molecular weight excluding hydrogens is 438 g/mol. The summed E-state index contributed by atoms with van der Waals surface area (Å²) in [6, 6.07) is 11.8. The first-order valence-corrected chi connectivity index (χ1v) is 10.0. The van der Waals surface area contributed by atoms with E-state index in [2.05, 4.69) is 27.6 Å². The molecule has 1 aromatic heterocycles. The van der Waals surface area contributed by atoms with Gasteiger partial charge < -0.3 is 4.57 Å². The van der Waals surface area contributed by atoms with Crippen molar-refractivity contribution in [2.75, 3.05) is 5.75 Å². The van der Waals surface area contributed by atoms with Crippen molar-refractivity contribution in [3.05, 3.63) is 80.9 Å². The normalized spacial score (nSPS) is 10.4. The van der Waals surface area contributed by atoms with E-state index >= 15 is 0 Å². The highest BCUT2D eigenvalue weighted by molar-refractivity contribution is 7.99. The van der Waals surface area contributed by atoms with Crippen LogP contribution >= 0.6 is 11.8 Å². The maximum absolute atomic E-state index is 12.1. The number of carbonyl (C=O) groups is 1.